The van der Waals surface area contributed by atoms with Gasteiger partial charge in [0, 0.05) is 13.0 Å². The predicted molar refractivity (Wildman–Crippen MR) is 116 cm³/mol. The van der Waals surface area contributed by atoms with Crippen molar-refractivity contribution in [1.29, 1.82) is 5.26 Å². The quantitative estimate of drug-likeness (QED) is 0.317. The molecular weight excluding hydrogens is 362 g/mol. The van der Waals surface area contributed by atoms with Crippen LogP contribution in [-0.4, -0.2) is 24.9 Å². The van der Waals surface area contributed by atoms with Crippen molar-refractivity contribution in [3.63, 3.8) is 0 Å². The molecule has 4 nitrogen and oxygen atoms in total. The Bertz CT molecular complexity index is 849. The summed E-state index contributed by atoms with van der Waals surface area (Å²) in [4.78, 5) is 0. The van der Waals surface area contributed by atoms with Crippen LogP contribution in [0.5, 0.6) is 11.5 Å². The summed E-state index contributed by atoms with van der Waals surface area (Å²) < 4.78 is 11.4. The van der Waals surface area contributed by atoms with Gasteiger partial charge < -0.3 is 14.6 Å². The highest BCUT2D eigenvalue weighted by Crippen LogP contribution is 2.28. The lowest BCUT2D eigenvalue weighted by atomic mass is 10.0. The summed E-state index contributed by atoms with van der Waals surface area (Å²) in [5.41, 5.74) is 3.70. The Hall–Kier alpha value is -2.77. The van der Waals surface area contributed by atoms with Crippen molar-refractivity contribution >= 4 is 11.6 Å². The summed E-state index contributed by atoms with van der Waals surface area (Å²) in [6, 6.07) is 16.1. The molecule has 0 aromatic heterocycles. The van der Waals surface area contributed by atoms with Crippen LogP contribution >= 0.6 is 0 Å². The maximum atomic E-state index is 9.59. The molecule has 0 atom stereocenters. The standard InChI is InChI=1S/C25H29NO3/c26-19-23(17-20-7-8-22-13-16-29-25(22)18-20)21-9-11-24(12-10-21)28-15-6-4-2-1-3-5-14-27/h7-12,17-18,27H,1-6,13-16H2/b23-17+. The molecule has 4 heteroatoms. The van der Waals surface area contributed by atoms with E-state index < -0.39 is 0 Å². The molecule has 29 heavy (non-hydrogen) atoms. The van der Waals surface area contributed by atoms with E-state index in [1.807, 2.05) is 42.5 Å². The van der Waals surface area contributed by atoms with Gasteiger partial charge in [0.1, 0.15) is 11.5 Å². The number of nitrogens with zero attached hydrogens (tertiary/aromatic N) is 1. The number of hydrogen-bond acceptors (Lipinski definition) is 4. The molecule has 0 amide bonds. The summed E-state index contributed by atoms with van der Waals surface area (Å²) in [5.74, 6) is 1.76. The molecule has 0 unspecified atom stereocenters. The number of fused-ring (bicyclic) bond motifs is 1. The van der Waals surface area contributed by atoms with Gasteiger partial charge in [-0.25, -0.2) is 0 Å². The van der Waals surface area contributed by atoms with Gasteiger partial charge in [0.05, 0.1) is 24.9 Å². The number of unbranched alkanes of at least 4 members (excludes halogenated alkanes) is 5. The number of hydrogen-bond donors (Lipinski definition) is 1. The van der Waals surface area contributed by atoms with E-state index in [0.717, 1.165) is 61.3 Å². The number of rotatable bonds is 11. The van der Waals surface area contributed by atoms with Gasteiger partial charge in [-0.2, -0.15) is 5.26 Å². The molecule has 0 radical (unpaired) electrons. The third-order valence-electron chi connectivity index (χ3n) is 5.14. The minimum absolute atomic E-state index is 0.295. The van der Waals surface area contributed by atoms with Crippen LogP contribution in [0.2, 0.25) is 0 Å². The Morgan fingerprint density at radius 1 is 1.03 bits per heavy atom. The molecule has 3 rings (SSSR count). The third-order valence-corrected chi connectivity index (χ3v) is 5.14. The Balaban J connectivity index is 1.50. The molecule has 1 N–H and O–H groups in total. The lowest BCUT2D eigenvalue weighted by Crippen LogP contribution is -1.97. The number of allylic oxidation sites excluding steroid dienone is 1. The van der Waals surface area contributed by atoms with Crippen molar-refractivity contribution in [2.24, 2.45) is 0 Å². The number of aliphatic hydroxyl groups is 1. The fourth-order valence-electron chi connectivity index (χ4n) is 3.46. The highest BCUT2D eigenvalue weighted by molar-refractivity contribution is 5.89. The highest BCUT2D eigenvalue weighted by Gasteiger charge is 2.12. The summed E-state index contributed by atoms with van der Waals surface area (Å²) in [5, 5.41) is 18.4. The fourth-order valence-corrected chi connectivity index (χ4v) is 3.46. The fraction of sp³-hybridized carbons (Fsp3) is 0.400. The molecule has 0 saturated heterocycles. The minimum Gasteiger partial charge on any atom is -0.494 e. The van der Waals surface area contributed by atoms with Crippen LogP contribution in [0.15, 0.2) is 42.5 Å². The predicted octanol–water partition coefficient (Wildman–Crippen LogP) is 5.40. The summed E-state index contributed by atoms with van der Waals surface area (Å²) in [7, 11) is 0. The van der Waals surface area contributed by atoms with Crippen molar-refractivity contribution in [2.75, 3.05) is 19.8 Å². The lowest BCUT2D eigenvalue weighted by Gasteiger charge is -2.07. The van der Waals surface area contributed by atoms with E-state index in [9.17, 15) is 5.26 Å². The summed E-state index contributed by atoms with van der Waals surface area (Å²) >= 11 is 0. The van der Waals surface area contributed by atoms with Gasteiger partial charge in [0.2, 0.25) is 0 Å². The number of ether oxygens (including phenoxy) is 2. The smallest absolute Gasteiger partial charge is 0.123 e. The van der Waals surface area contributed by atoms with Crippen molar-refractivity contribution in [2.45, 2.75) is 44.9 Å². The van der Waals surface area contributed by atoms with Crippen molar-refractivity contribution in [3.8, 4) is 17.6 Å². The van der Waals surface area contributed by atoms with Gasteiger partial charge in [-0.3, -0.25) is 0 Å². The van der Waals surface area contributed by atoms with Crippen LogP contribution in [0.1, 0.15) is 55.2 Å². The minimum atomic E-state index is 0.295. The second-order valence-corrected chi connectivity index (χ2v) is 7.35. The number of benzene rings is 2. The average Bonchev–Trinajstić information content (AvgIpc) is 3.22. The molecule has 2 aromatic rings. The van der Waals surface area contributed by atoms with E-state index in [0.29, 0.717) is 18.8 Å². The van der Waals surface area contributed by atoms with Crippen LogP contribution < -0.4 is 9.47 Å². The van der Waals surface area contributed by atoms with Crippen LogP contribution in [-0.2, 0) is 6.42 Å². The molecule has 0 bridgehead atoms. The zero-order valence-corrected chi connectivity index (χ0v) is 16.9. The van der Waals surface area contributed by atoms with Crippen molar-refractivity contribution in [3.05, 3.63) is 59.2 Å². The monoisotopic (exact) mass is 391 g/mol. The van der Waals surface area contributed by atoms with Gasteiger partial charge in [-0.15, -0.1) is 0 Å². The number of aliphatic hydroxyl groups excluding tert-OH is 1. The van der Waals surface area contributed by atoms with Crippen LogP contribution in [0.4, 0.5) is 0 Å². The average molecular weight is 392 g/mol. The third kappa shape index (κ3) is 6.37. The first-order chi connectivity index (χ1) is 14.3. The molecule has 1 aliphatic rings. The lowest BCUT2D eigenvalue weighted by molar-refractivity contribution is 0.280. The molecular formula is C25H29NO3. The van der Waals surface area contributed by atoms with Crippen molar-refractivity contribution < 1.29 is 14.6 Å². The van der Waals surface area contributed by atoms with Gasteiger partial charge in [0.15, 0.2) is 0 Å². The zero-order valence-electron chi connectivity index (χ0n) is 16.9. The van der Waals surface area contributed by atoms with Gasteiger partial charge in [0.25, 0.3) is 0 Å². The highest BCUT2D eigenvalue weighted by atomic mass is 16.5. The van der Waals surface area contributed by atoms with E-state index in [1.165, 1.54) is 18.4 Å². The van der Waals surface area contributed by atoms with Crippen molar-refractivity contribution in [1.82, 2.24) is 0 Å². The second-order valence-electron chi connectivity index (χ2n) is 7.35. The van der Waals surface area contributed by atoms with Crippen LogP contribution in [0.25, 0.3) is 11.6 Å². The van der Waals surface area contributed by atoms with E-state index in [2.05, 4.69) is 12.1 Å². The Labute approximate surface area is 173 Å². The Morgan fingerprint density at radius 2 is 1.79 bits per heavy atom. The summed E-state index contributed by atoms with van der Waals surface area (Å²) in [6.07, 6.45) is 9.40. The van der Waals surface area contributed by atoms with E-state index in [1.54, 1.807) is 0 Å². The molecule has 1 heterocycles. The maximum Gasteiger partial charge on any atom is 0.123 e. The van der Waals surface area contributed by atoms with E-state index in [4.69, 9.17) is 14.6 Å². The van der Waals surface area contributed by atoms with Gasteiger partial charge >= 0.3 is 0 Å². The first-order valence-electron chi connectivity index (χ1n) is 10.5. The molecule has 1 aliphatic heterocycles. The van der Waals surface area contributed by atoms with E-state index in [-0.39, 0.29) is 0 Å². The SMILES string of the molecule is N#C/C(=C\c1ccc2c(c1)OCC2)c1ccc(OCCCCCCCCO)cc1. The molecule has 0 fully saturated rings. The zero-order chi connectivity index (χ0) is 20.3. The van der Waals surface area contributed by atoms with Gasteiger partial charge in [-0.05, 0) is 65.9 Å². The molecule has 0 saturated carbocycles. The summed E-state index contributed by atoms with van der Waals surface area (Å²) in [6.45, 7) is 1.73. The molecule has 152 valence electrons. The Kier molecular flexibility index (Phi) is 8.15. The molecule has 0 spiro atoms. The van der Waals surface area contributed by atoms with E-state index >= 15 is 0 Å². The second kappa shape index (κ2) is 11.3. The molecule has 2 aromatic carbocycles. The number of nitriles is 1. The normalized spacial score (nSPS) is 12.9. The Morgan fingerprint density at radius 3 is 2.55 bits per heavy atom. The van der Waals surface area contributed by atoms with Gasteiger partial charge in [-0.1, -0.05) is 37.8 Å². The first kappa shape index (κ1) is 21.0. The first-order valence-corrected chi connectivity index (χ1v) is 10.5. The molecule has 0 aliphatic carbocycles. The van der Waals surface area contributed by atoms with Crippen LogP contribution in [0, 0.1) is 11.3 Å². The largest absolute Gasteiger partial charge is 0.494 e. The van der Waals surface area contributed by atoms with Crippen LogP contribution in [0.3, 0.4) is 0 Å². The topological polar surface area (TPSA) is 62.5 Å². The maximum absolute atomic E-state index is 9.59.